The van der Waals surface area contributed by atoms with E-state index in [1.807, 2.05) is 6.20 Å². The number of aromatic nitrogens is 1. The van der Waals surface area contributed by atoms with E-state index in [1.54, 1.807) is 0 Å². The number of hydrogen-bond acceptors (Lipinski definition) is 4. The Morgan fingerprint density at radius 2 is 1.90 bits per heavy atom. The Kier molecular flexibility index (Phi) is 8.31. The zero-order chi connectivity index (χ0) is 15.7. The number of likely N-dealkylation sites (N-methyl/N-ethyl adjacent to an activating group) is 1. The van der Waals surface area contributed by atoms with Gasteiger partial charge in [0.1, 0.15) is 5.82 Å². The smallest absolute Gasteiger partial charge is 0.128 e. The second-order valence-corrected chi connectivity index (χ2v) is 5.91. The number of hydrogen-bond donors (Lipinski definition) is 1. The van der Waals surface area contributed by atoms with E-state index in [1.165, 1.54) is 5.56 Å². The molecule has 0 aliphatic carbocycles. The number of nitrogens with zero attached hydrogens (tertiary/aromatic N) is 3. The van der Waals surface area contributed by atoms with Crippen LogP contribution in [0.5, 0.6) is 0 Å². The molecule has 0 aromatic carbocycles. The van der Waals surface area contributed by atoms with Crippen LogP contribution in [0, 0.1) is 0 Å². The maximum atomic E-state index is 4.58. The lowest BCUT2D eigenvalue weighted by Crippen LogP contribution is -2.33. The van der Waals surface area contributed by atoms with Crippen molar-refractivity contribution in [2.45, 2.75) is 39.7 Å². The minimum Gasteiger partial charge on any atom is -0.355 e. The van der Waals surface area contributed by atoms with E-state index in [9.17, 15) is 0 Å². The lowest BCUT2D eigenvalue weighted by Gasteiger charge is -2.26. The van der Waals surface area contributed by atoms with E-state index in [0.717, 1.165) is 44.8 Å². The van der Waals surface area contributed by atoms with E-state index < -0.39 is 0 Å². The molecule has 1 aromatic heterocycles. The Bertz CT molecular complexity index is 392. The fourth-order valence-electron chi connectivity index (χ4n) is 2.29. The molecular formula is C17H32N4. The highest BCUT2D eigenvalue weighted by Crippen LogP contribution is 2.18. The summed E-state index contributed by atoms with van der Waals surface area (Å²) in [6.07, 6.45) is 4.24. The van der Waals surface area contributed by atoms with Crippen molar-refractivity contribution in [1.29, 1.82) is 0 Å². The standard InChI is InChI=1S/C17H32N4/c1-6-9-18-15(3)16-8-10-19-17(14-16)21(11-7-2)13-12-20(4)5/h8,10,14-15,18H,6-7,9,11-13H2,1-5H3. The average molecular weight is 292 g/mol. The van der Waals surface area contributed by atoms with Gasteiger partial charge in [-0.1, -0.05) is 13.8 Å². The molecule has 0 aliphatic rings. The molecule has 4 nitrogen and oxygen atoms in total. The van der Waals surface area contributed by atoms with Gasteiger partial charge in [0.05, 0.1) is 0 Å². The van der Waals surface area contributed by atoms with Gasteiger partial charge in [-0.15, -0.1) is 0 Å². The predicted molar refractivity (Wildman–Crippen MR) is 92.0 cm³/mol. The SMILES string of the molecule is CCCNC(C)c1ccnc(N(CCC)CCN(C)C)c1. The molecule has 0 saturated heterocycles. The van der Waals surface area contributed by atoms with Crippen molar-refractivity contribution in [3.63, 3.8) is 0 Å². The molecule has 0 radical (unpaired) electrons. The summed E-state index contributed by atoms with van der Waals surface area (Å²) in [6, 6.07) is 4.73. The summed E-state index contributed by atoms with van der Waals surface area (Å²) in [4.78, 5) is 9.18. The maximum absolute atomic E-state index is 4.58. The van der Waals surface area contributed by atoms with Gasteiger partial charge in [-0.05, 0) is 58.1 Å². The minimum absolute atomic E-state index is 0.379. The maximum Gasteiger partial charge on any atom is 0.128 e. The summed E-state index contributed by atoms with van der Waals surface area (Å²) in [7, 11) is 4.23. The molecule has 0 saturated carbocycles. The first-order valence-electron chi connectivity index (χ1n) is 8.17. The molecule has 0 aliphatic heterocycles. The fourth-order valence-corrected chi connectivity index (χ4v) is 2.29. The predicted octanol–water partition coefficient (Wildman–Crippen LogP) is 2.92. The van der Waals surface area contributed by atoms with Crippen LogP contribution in [0.1, 0.15) is 45.2 Å². The third-order valence-corrected chi connectivity index (χ3v) is 3.60. The molecule has 1 rings (SSSR count). The van der Waals surface area contributed by atoms with Gasteiger partial charge in [0.25, 0.3) is 0 Å². The molecule has 1 heterocycles. The van der Waals surface area contributed by atoms with Crippen LogP contribution in [0.2, 0.25) is 0 Å². The van der Waals surface area contributed by atoms with Gasteiger partial charge in [-0.2, -0.15) is 0 Å². The number of rotatable bonds is 10. The van der Waals surface area contributed by atoms with Crippen LogP contribution in [0.25, 0.3) is 0 Å². The Labute approximate surface area is 130 Å². The molecule has 1 aromatic rings. The first kappa shape index (κ1) is 17.9. The van der Waals surface area contributed by atoms with Crippen LogP contribution in [0.4, 0.5) is 5.82 Å². The van der Waals surface area contributed by atoms with Crippen LogP contribution in [0.15, 0.2) is 18.3 Å². The van der Waals surface area contributed by atoms with Crippen LogP contribution in [0.3, 0.4) is 0 Å². The number of nitrogens with one attached hydrogen (secondary N) is 1. The van der Waals surface area contributed by atoms with Gasteiger partial charge in [-0.3, -0.25) is 0 Å². The van der Waals surface area contributed by atoms with Crippen LogP contribution in [-0.2, 0) is 0 Å². The Balaban J connectivity index is 2.78. The van der Waals surface area contributed by atoms with Crippen molar-refractivity contribution < 1.29 is 0 Å². The lowest BCUT2D eigenvalue weighted by molar-refractivity contribution is 0.412. The fraction of sp³-hybridized carbons (Fsp3) is 0.706. The van der Waals surface area contributed by atoms with Gasteiger partial charge >= 0.3 is 0 Å². The summed E-state index contributed by atoms with van der Waals surface area (Å²) in [5.41, 5.74) is 1.32. The number of anilines is 1. The molecule has 0 fully saturated rings. The van der Waals surface area contributed by atoms with Crippen LogP contribution < -0.4 is 10.2 Å². The van der Waals surface area contributed by atoms with Gasteiger partial charge in [0, 0.05) is 31.9 Å². The Morgan fingerprint density at radius 3 is 2.52 bits per heavy atom. The van der Waals surface area contributed by atoms with Crippen molar-refractivity contribution in [2.75, 3.05) is 45.2 Å². The second-order valence-electron chi connectivity index (χ2n) is 5.91. The quantitative estimate of drug-likeness (QED) is 0.718. The molecule has 0 bridgehead atoms. The van der Waals surface area contributed by atoms with Crippen molar-refractivity contribution in [3.05, 3.63) is 23.9 Å². The first-order valence-corrected chi connectivity index (χ1v) is 8.17. The van der Waals surface area contributed by atoms with E-state index in [0.29, 0.717) is 6.04 Å². The topological polar surface area (TPSA) is 31.4 Å². The molecule has 0 spiro atoms. The van der Waals surface area contributed by atoms with Gasteiger partial charge in [0.2, 0.25) is 0 Å². The Morgan fingerprint density at radius 1 is 1.14 bits per heavy atom. The van der Waals surface area contributed by atoms with E-state index in [2.05, 4.69) is 67.1 Å². The minimum atomic E-state index is 0.379. The zero-order valence-corrected chi connectivity index (χ0v) is 14.4. The van der Waals surface area contributed by atoms with Crippen molar-refractivity contribution in [1.82, 2.24) is 15.2 Å². The third-order valence-electron chi connectivity index (χ3n) is 3.60. The van der Waals surface area contributed by atoms with Gasteiger partial charge < -0.3 is 15.1 Å². The number of pyridine rings is 1. The molecule has 120 valence electrons. The highest BCUT2D eigenvalue weighted by atomic mass is 15.2. The molecule has 1 N–H and O–H groups in total. The summed E-state index contributed by atoms with van der Waals surface area (Å²) in [5, 5.41) is 3.54. The normalized spacial score (nSPS) is 12.7. The summed E-state index contributed by atoms with van der Waals surface area (Å²) in [6.45, 7) is 10.8. The largest absolute Gasteiger partial charge is 0.355 e. The first-order chi connectivity index (χ1) is 10.1. The zero-order valence-electron chi connectivity index (χ0n) is 14.4. The van der Waals surface area contributed by atoms with Gasteiger partial charge in [-0.25, -0.2) is 4.98 Å². The van der Waals surface area contributed by atoms with E-state index >= 15 is 0 Å². The second kappa shape index (κ2) is 9.74. The summed E-state index contributed by atoms with van der Waals surface area (Å²) < 4.78 is 0. The van der Waals surface area contributed by atoms with Crippen molar-refractivity contribution in [3.8, 4) is 0 Å². The van der Waals surface area contributed by atoms with E-state index in [4.69, 9.17) is 0 Å². The van der Waals surface area contributed by atoms with E-state index in [-0.39, 0.29) is 0 Å². The van der Waals surface area contributed by atoms with Crippen molar-refractivity contribution >= 4 is 5.82 Å². The molecule has 1 atom stereocenters. The molecule has 21 heavy (non-hydrogen) atoms. The highest BCUT2D eigenvalue weighted by molar-refractivity contribution is 5.41. The Hall–Kier alpha value is -1.13. The van der Waals surface area contributed by atoms with Crippen LogP contribution in [-0.4, -0.2) is 50.2 Å². The molecular weight excluding hydrogens is 260 g/mol. The monoisotopic (exact) mass is 292 g/mol. The molecule has 0 amide bonds. The third kappa shape index (κ3) is 6.44. The highest BCUT2D eigenvalue weighted by Gasteiger charge is 2.10. The summed E-state index contributed by atoms with van der Waals surface area (Å²) >= 11 is 0. The van der Waals surface area contributed by atoms with Crippen LogP contribution >= 0.6 is 0 Å². The average Bonchev–Trinajstić information content (AvgIpc) is 2.49. The lowest BCUT2D eigenvalue weighted by atomic mass is 10.1. The summed E-state index contributed by atoms with van der Waals surface area (Å²) in [5.74, 6) is 1.10. The van der Waals surface area contributed by atoms with Crippen molar-refractivity contribution in [2.24, 2.45) is 0 Å². The van der Waals surface area contributed by atoms with Gasteiger partial charge in [0.15, 0.2) is 0 Å². The molecule has 4 heteroatoms. The molecule has 1 unspecified atom stereocenters.